The molecule has 0 aromatic rings. The van der Waals surface area contributed by atoms with E-state index in [0.717, 1.165) is 143 Å². The normalized spacial score (nSPS) is 13.8. The van der Waals surface area contributed by atoms with E-state index in [1.165, 1.54) is 30.8 Å². The number of carboxylic acid groups (broad SMARTS) is 1. The molecule has 1 radical (unpaired) electrons. The molecule has 56 heavy (non-hydrogen) atoms. The summed E-state index contributed by atoms with van der Waals surface area (Å²) in [4.78, 5) is 25.8. The SMILES string of the molecule is CCOCCCP(CCCOCC)CCN(CCOCC)CCP(CCCOCC)CCCOC(C)(CCCCCCCNC(=O)C(N)C[S-])CCC(=O)[O-].[99Tc]. The molecule has 0 spiro atoms. The van der Waals surface area contributed by atoms with Crippen LogP contribution in [0.25, 0.3) is 0 Å². The number of hydrogen-bond donors (Lipinski definition) is 2. The van der Waals surface area contributed by atoms with Crippen LogP contribution in [0.5, 0.6) is 0 Å². The molecule has 15 heteroatoms. The predicted molar refractivity (Wildman–Crippen MR) is 233 cm³/mol. The Balaban J connectivity index is 0. The standard InChI is InChI=1S/C41H85N3O8P2S.Tc/c1-6-48-26-15-31-53(32-16-27-49-7-2)35-24-44(23-30-51-9-4)25-36-54(33-17-28-50-8-3)34-18-29-52-41(5,21-19-39(45)46)20-13-11-10-12-14-22-43-40(47)38(42)37-55;/h38,55H,6-37,42H2,1-5H3,(H,43,47)(H,45,46);/p-2/i;1+1. The number of ether oxygens (including phenoxy) is 5. The molecule has 3 N–H and O–H groups in total. The van der Waals surface area contributed by atoms with Crippen LogP contribution in [0.3, 0.4) is 0 Å². The molecule has 0 heterocycles. The van der Waals surface area contributed by atoms with Crippen molar-refractivity contribution < 1.29 is 58.5 Å². The predicted octanol–water partition coefficient (Wildman–Crippen LogP) is 5.59. The van der Waals surface area contributed by atoms with Gasteiger partial charge in [0.15, 0.2) is 0 Å². The molecule has 11 nitrogen and oxygen atoms in total. The van der Waals surface area contributed by atoms with Gasteiger partial charge in [-0.05, 0) is 123 Å². The summed E-state index contributed by atoms with van der Waals surface area (Å²) < 4.78 is 29.4. The number of unbranched alkanes of at least 4 members (excludes halogenated alkanes) is 4. The van der Waals surface area contributed by atoms with Gasteiger partial charge in [-0.2, -0.15) is 5.75 Å². The molecule has 1 amide bonds. The number of nitrogens with two attached hydrogens (primary N) is 1. The molecule has 0 rings (SSSR count). The largest absolute Gasteiger partial charge is 0.791 e. The third-order valence-electron chi connectivity index (χ3n) is 9.75. The number of carboxylic acids is 1. The van der Waals surface area contributed by atoms with Crippen molar-refractivity contribution in [3.63, 3.8) is 0 Å². The van der Waals surface area contributed by atoms with Crippen LogP contribution in [0.4, 0.5) is 0 Å². The van der Waals surface area contributed by atoms with Crippen molar-refractivity contribution in [2.45, 2.75) is 123 Å². The second kappa shape index (κ2) is 42.2. The quantitative estimate of drug-likeness (QED) is 0.0449. The molecular formula is C41H83N3O8P2STc-2. The molecule has 3 atom stereocenters. The Kier molecular flexibility index (Phi) is 44.2. The van der Waals surface area contributed by atoms with Crippen molar-refractivity contribution in [1.82, 2.24) is 10.2 Å². The molecule has 0 bridgehead atoms. The first kappa shape index (κ1) is 58.6. The van der Waals surface area contributed by atoms with Gasteiger partial charge in [0.05, 0.1) is 18.2 Å². The summed E-state index contributed by atoms with van der Waals surface area (Å²) in [6.45, 7) is 21.1. The number of nitrogens with zero attached hydrogens (tertiary/aromatic N) is 1. The van der Waals surface area contributed by atoms with Crippen LogP contribution < -0.4 is 16.2 Å². The van der Waals surface area contributed by atoms with E-state index in [-0.39, 0.29) is 54.0 Å². The second-order valence-electron chi connectivity index (χ2n) is 14.5. The fraction of sp³-hybridized carbons (Fsp3) is 0.951. The number of nitrogens with one attached hydrogen (secondary N) is 1. The van der Waals surface area contributed by atoms with E-state index < -0.39 is 17.6 Å². The average Bonchev–Trinajstić information content (AvgIpc) is 3.18. The molecule has 0 fully saturated rings. The van der Waals surface area contributed by atoms with Gasteiger partial charge in [-0.1, -0.05) is 25.7 Å². The summed E-state index contributed by atoms with van der Waals surface area (Å²) in [5.74, 6) is -0.978. The van der Waals surface area contributed by atoms with Gasteiger partial charge in [-0.3, -0.25) is 4.79 Å². The van der Waals surface area contributed by atoms with Crippen LogP contribution in [0.1, 0.15) is 112 Å². The maximum absolute atomic E-state index is 11.8. The summed E-state index contributed by atoms with van der Waals surface area (Å²) in [6, 6.07) is -0.612. The van der Waals surface area contributed by atoms with Gasteiger partial charge in [0, 0.05) is 105 Å². The summed E-state index contributed by atoms with van der Waals surface area (Å²) >= 11 is 4.86. The first-order valence-corrected chi connectivity index (χ1v) is 25.9. The Hall–Kier alpha value is 0.519. The zero-order valence-electron chi connectivity index (χ0n) is 36.2. The maximum Gasteiger partial charge on any atom is 0.234 e. The van der Waals surface area contributed by atoms with Gasteiger partial charge in [0.1, 0.15) is 0 Å². The van der Waals surface area contributed by atoms with Crippen LogP contribution in [0, 0.1) is 0 Å². The third kappa shape index (κ3) is 36.4. The van der Waals surface area contributed by atoms with Crippen LogP contribution in [0.15, 0.2) is 0 Å². The number of rotatable bonds is 43. The van der Waals surface area contributed by atoms with Crippen molar-refractivity contribution in [2.75, 3.05) is 128 Å². The Morgan fingerprint density at radius 1 is 0.679 bits per heavy atom. The monoisotopic (exact) mass is 938 g/mol. The van der Waals surface area contributed by atoms with Gasteiger partial charge < -0.3 is 62.2 Å². The summed E-state index contributed by atoms with van der Waals surface area (Å²) in [5.41, 5.74) is 5.20. The molecule has 0 saturated heterocycles. The van der Waals surface area contributed by atoms with Gasteiger partial charge in [0.25, 0.3) is 0 Å². The molecule has 0 saturated carbocycles. The van der Waals surface area contributed by atoms with Crippen LogP contribution in [-0.4, -0.2) is 157 Å². The average molecular weight is 939 g/mol. The minimum absolute atomic E-state index is 0. The van der Waals surface area contributed by atoms with Crippen LogP contribution in [0.2, 0.25) is 0 Å². The molecule has 0 aromatic carbocycles. The van der Waals surface area contributed by atoms with Gasteiger partial charge in [-0.25, -0.2) is 0 Å². The van der Waals surface area contributed by atoms with Gasteiger partial charge in [-0.15, -0.1) is 15.8 Å². The molecule has 0 aliphatic heterocycles. The van der Waals surface area contributed by atoms with Crippen LogP contribution >= 0.6 is 15.8 Å². The van der Waals surface area contributed by atoms with Crippen molar-refractivity contribution in [1.29, 1.82) is 0 Å². The minimum Gasteiger partial charge on any atom is -0.791 e. The fourth-order valence-corrected chi connectivity index (χ4v) is 11.3. The van der Waals surface area contributed by atoms with Crippen molar-refractivity contribution in [3.05, 3.63) is 0 Å². The Morgan fingerprint density at radius 3 is 1.62 bits per heavy atom. The van der Waals surface area contributed by atoms with E-state index in [2.05, 4.69) is 44.8 Å². The molecular weight excluding hydrogens is 855 g/mol. The minimum atomic E-state index is -1.03. The number of carbonyl (C=O) groups is 2. The molecule has 0 aromatic heterocycles. The second-order valence-corrected chi connectivity index (χ2v) is 20.2. The zero-order valence-corrected chi connectivity index (χ0v) is 40.6. The van der Waals surface area contributed by atoms with E-state index in [1.54, 1.807) is 0 Å². The fourth-order valence-electron chi connectivity index (χ4n) is 6.33. The first-order valence-electron chi connectivity index (χ1n) is 21.6. The number of amides is 1. The molecule has 0 aliphatic rings. The van der Waals surface area contributed by atoms with Crippen molar-refractivity contribution in [2.24, 2.45) is 5.73 Å². The Bertz CT molecular complexity index is 883. The van der Waals surface area contributed by atoms with E-state index in [0.29, 0.717) is 19.6 Å². The van der Waals surface area contributed by atoms with Gasteiger partial charge in [0.2, 0.25) is 5.91 Å². The van der Waals surface area contributed by atoms with Crippen molar-refractivity contribution >= 4 is 40.3 Å². The maximum atomic E-state index is 11.8. The Labute approximate surface area is 364 Å². The summed E-state index contributed by atoms with van der Waals surface area (Å²) in [5, 5.41) is 14.2. The molecule has 0 aliphatic carbocycles. The Morgan fingerprint density at radius 2 is 1.14 bits per heavy atom. The number of hydrogen-bond acceptors (Lipinski definition) is 11. The molecule has 3 unspecified atom stereocenters. The van der Waals surface area contributed by atoms with E-state index in [4.69, 9.17) is 42.0 Å². The summed E-state index contributed by atoms with van der Waals surface area (Å²) in [6.07, 6.45) is 17.9. The van der Waals surface area contributed by atoms with E-state index in [1.807, 2.05) is 0 Å². The first-order chi connectivity index (χ1) is 26.6. The van der Waals surface area contributed by atoms with Crippen molar-refractivity contribution in [3.8, 4) is 0 Å². The van der Waals surface area contributed by atoms with Crippen LogP contribution in [-0.2, 0) is 66.0 Å². The summed E-state index contributed by atoms with van der Waals surface area (Å²) in [7, 11) is -0.252. The smallest absolute Gasteiger partial charge is 0.234 e. The topological polar surface area (TPSA) is 145 Å². The van der Waals surface area contributed by atoms with Gasteiger partial charge >= 0.3 is 0 Å². The number of aliphatic carboxylic acids is 1. The zero-order chi connectivity index (χ0) is 40.8. The van der Waals surface area contributed by atoms with E-state index in [9.17, 15) is 14.7 Å². The third-order valence-corrected chi connectivity index (χ3v) is 15.6. The van der Waals surface area contributed by atoms with E-state index >= 15 is 0 Å². The number of carbonyl (C=O) groups excluding carboxylic acids is 2. The molecule has 335 valence electrons.